The third kappa shape index (κ3) is 4.67. The number of rotatable bonds is 5. The second-order valence-corrected chi connectivity index (χ2v) is 3.86. The van der Waals surface area contributed by atoms with Gasteiger partial charge in [0.15, 0.2) is 0 Å². The Balaban J connectivity index is 2.74. The summed E-state index contributed by atoms with van der Waals surface area (Å²) in [6.45, 7) is 3.16. The van der Waals surface area contributed by atoms with Gasteiger partial charge in [0.05, 0.1) is 5.56 Å². The van der Waals surface area contributed by atoms with Crippen LogP contribution in [0.3, 0.4) is 0 Å². The van der Waals surface area contributed by atoms with Crippen LogP contribution in [0.5, 0.6) is 5.75 Å². The maximum atomic E-state index is 10.7. The number of carboxylic acids is 2. The second kappa shape index (κ2) is 6.39. The van der Waals surface area contributed by atoms with E-state index in [2.05, 4.69) is 0 Å². The van der Waals surface area contributed by atoms with Crippen LogP contribution in [0.15, 0.2) is 47.7 Å². The summed E-state index contributed by atoms with van der Waals surface area (Å²) in [5.41, 5.74) is 0.375. The largest absolute Gasteiger partial charge is 0.478 e. The van der Waals surface area contributed by atoms with E-state index < -0.39 is 11.9 Å². The predicted molar refractivity (Wildman–Crippen MR) is 69.2 cm³/mol. The van der Waals surface area contributed by atoms with E-state index in [4.69, 9.17) is 14.9 Å². The minimum absolute atomic E-state index is 0.176. The molecule has 1 aromatic rings. The molecule has 0 aromatic heterocycles. The third-order valence-electron chi connectivity index (χ3n) is 2.29. The lowest BCUT2D eigenvalue weighted by molar-refractivity contribution is -0.132. The van der Waals surface area contributed by atoms with E-state index in [1.165, 1.54) is 43.3 Å². The van der Waals surface area contributed by atoms with E-state index in [1.54, 1.807) is 6.92 Å². The molecule has 0 saturated carbocycles. The summed E-state index contributed by atoms with van der Waals surface area (Å²) >= 11 is 0. The number of carboxylic acid groups (broad SMARTS) is 2. The van der Waals surface area contributed by atoms with Crippen molar-refractivity contribution < 1.29 is 24.5 Å². The molecule has 0 saturated heterocycles. The maximum absolute atomic E-state index is 10.7. The monoisotopic (exact) mass is 262 g/mol. The van der Waals surface area contributed by atoms with E-state index >= 15 is 0 Å². The molecule has 0 fully saturated rings. The smallest absolute Gasteiger partial charge is 0.335 e. The van der Waals surface area contributed by atoms with Crippen molar-refractivity contribution in [3.63, 3.8) is 0 Å². The summed E-state index contributed by atoms with van der Waals surface area (Å²) in [6.07, 6.45) is 2.97. The molecule has 0 unspecified atom stereocenters. The summed E-state index contributed by atoms with van der Waals surface area (Å²) in [6, 6.07) is 5.94. The zero-order valence-corrected chi connectivity index (χ0v) is 10.6. The number of allylic oxidation sites excluding steroid dienone is 3. The normalized spacial score (nSPS) is 12.1. The molecule has 19 heavy (non-hydrogen) atoms. The van der Waals surface area contributed by atoms with Crippen LogP contribution in [0.1, 0.15) is 24.2 Å². The third-order valence-corrected chi connectivity index (χ3v) is 2.29. The standard InChI is InChI=1S/C14H14O5/c1-9(13(15)16)3-4-10(2)19-12-7-5-11(6-8-12)14(17)18/h3-8H,1-2H3,(H,15,16)(H,17,18)/b9-3+,10-4+. The van der Waals surface area contributed by atoms with Crippen molar-refractivity contribution in [2.75, 3.05) is 0 Å². The minimum atomic E-state index is -1.00. The highest BCUT2D eigenvalue weighted by Gasteiger charge is 2.02. The first-order valence-electron chi connectivity index (χ1n) is 5.50. The Morgan fingerprint density at radius 3 is 2.11 bits per heavy atom. The van der Waals surface area contributed by atoms with Crippen molar-refractivity contribution in [2.24, 2.45) is 0 Å². The molecule has 0 amide bonds. The molecular weight excluding hydrogens is 248 g/mol. The fourth-order valence-corrected chi connectivity index (χ4v) is 1.20. The Morgan fingerprint density at radius 2 is 1.63 bits per heavy atom. The number of aliphatic carboxylic acids is 1. The molecule has 5 heteroatoms. The number of hydrogen-bond donors (Lipinski definition) is 2. The van der Waals surface area contributed by atoms with Crippen LogP contribution in [0.4, 0.5) is 0 Å². The van der Waals surface area contributed by atoms with E-state index in [-0.39, 0.29) is 11.1 Å². The van der Waals surface area contributed by atoms with Crippen molar-refractivity contribution in [3.05, 3.63) is 53.3 Å². The summed E-state index contributed by atoms with van der Waals surface area (Å²) in [5.74, 6) is -1.00. The molecular formula is C14H14O5. The molecule has 0 spiro atoms. The summed E-state index contributed by atoms with van der Waals surface area (Å²) in [4.78, 5) is 21.2. The number of benzene rings is 1. The van der Waals surface area contributed by atoms with Crippen LogP contribution in [0, 0.1) is 0 Å². The fraction of sp³-hybridized carbons (Fsp3) is 0.143. The van der Waals surface area contributed by atoms with Gasteiger partial charge < -0.3 is 14.9 Å². The molecule has 1 aromatic carbocycles. The first-order valence-corrected chi connectivity index (χ1v) is 5.50. The van der Waals surface area contributed by atoms with Gasteiger partial charge in [0.25, 0.3) is 0 Å². The first kappa shape index (κ1) is 14.5. The van der Waals surface area contributed by atoms with Crippen LogP contribution in [-0.2, 0) is 4.79 Å². The van der Waals surface area contributed by atoms with Gasteiger partial charge in [-0.15, -0.1) is 0 Å². The molecule has 0 bridgehead atoms. The predicted octanol–water partition coefficient (Wildman–Crippen LogP) is 2.70. The number of hydrogen-bond acceptors (Lipinski definition) is 3. The fourth-order valence-electron chi connectivity index (χ4n) is 1.20. The lowest BCUT2D eigenvalue weighted by atomic mass is 10.2. The SMILES string of the molecule is C/C(=C\C=C(/C)C(=O)O)Oc1ccc(C(=O)O)cc1. The van der Waals surface area contributed by atoms with E-state index in [9.17, 15) is 9.59 Å². The van der Waals surface area contributed by atoms with Crippen LogP contribution in [-0.4, -0.2) is 22.2 Å². The van der Waals surface area contributed by atoms with E-state index in [0.717, 1.165) is 0 Å². The Bertz CT molecular complexity index is 537. The Morgan fingerprint density at radius 1 is 1.05 bits per heavy atom. The number of ether oxygens (including phenoxy) is 1. The zero-order chi connectivity index (χ0) is 14.4. The Hall–Kier alpha value is -2.56. The summed E-state index contributed by atoms with van der Waals surface area (Å²) < 4.78 is 5.41. The number of carbonyl (C=O) groups is 2. The van der Waals surface area contributed by atoms with Gasteiger partial charge in [-0.1, -0.05) is 0 Å². The lowest BCUT2D eigenvalue weighted by Crippen LogP contribution is -1.97. The van der Waals surface area contributed by atoms with Gasteiger partial charge in [0.2, 0.25) is 0 Å². The lowest BCUT2D eigenvalue weighted by Gasteiger charge is -2.05. The van der Waals surface area contributed by atoms with Crippen LogP contribution < -0.4 is 4.74 Å². The van der Waals surface area contributed by atoms with Crippen molar-refractivity contribution >= 4 is 11.9 Å². The van der Waals surface area contributed by atoms with Gasteiger partial charge in [-0.05, 0) is 50.3 Å². The van der Waals surface area contributed by atoms with Crippen LogP contribution in [0.25, 0.3) is 0 Å². The second-order valence-electron chi connectivity index (χ2n) is 3.86. The maximum Gasteiger partial charge on any atom is 0.335 e. The van der Waals surface area contributed by atoms with E-state index in [0.29, 0.717) is 11.5 Å². The highest BCUT2D eigenvalue weighted by atomic mass is 16.5. The first-order chi connectivity index (χ1) is 8.90. The topological polar surface area (TPSA) is 83.8 Å². The van der Waals surface area contributed by atoms with Crippen molar-refractivity contribution in [1.29, 1.82) is 0 Å². The van der Waals surface area contributed by atoms with Crippen molar-refractivity contribution in [3.8, 4) is 5.75 Å². The highest BCUT2D eigenvalue weighted by molar-refractivity contribution is 5.87. The molecule has 5 nitrogen and oxygen atoms in total. The van der Waals surface area contributed by atoms with Crippen LogP contribution in [0.2, 0.25) is 0 Å². The average molecular weight is 262 g/mol. The van der Waals surface area contributed by atoms with Gasteiger partial charge in [-0.2, -0.15) is 0 Å². The highest BCUT2D eigenvalue weighted by Crippen LogP contribution is 2.15. The van der Waals surface area contributed by atoms with Gasteiger partial charge in [-0.25, -0.2) is 9.59 Å². The molecule has 1 rings (SSSR count). The summed E-state index contributed by atoms with van der Waals surface area (Å²) in [5, 5.41) is 17.4. The molecule has 0 aliphatic carbocycles. The van der Waals surface area contributed by atoms with Gasteiger partial charge >= 0.3 is 11.9 Å². The molecule has 0 radical (unpaired) electrons. The molecule has 2 N–H and O–H groups in total. The molecule has 0 aliphatic rings. The molecule has 0 atom stereocenters. The van der Waals surface area contributed by atoms with Gasteiger partial charge in [0, 0.05) is 5.57 Å². The summed E-state index contributed by atoms with van der Waals surface area (Å²) in [7, 11) is 0. The molecule has 0 aliphatic heterocycles. The van der Waals surface area contributed by atoms with E-state index in [1.807, 2.05) is 0 Å². The van der Waals surface area contributed by atoms with Gasteiger partial charge in [0.1, 0.15) is 11.5 Å². The number of aromatic carboxylic acids is 1. The minimum Gasteiger partial charge on any atom is -0.478 e. The molecule has 0 heterocycles. The molecule has 100 valence electrons. The Labute approximate surface area is 110 Å². The van der Waals surface area contributed by atoms with Crippen molar-refractivity contribution in [1.82, 2.24) is 0 Å². The van der Waals surface area contributed by atoms with Crippen LogP contribution >= 0.6 is 0 Å². The zero-order valence-electron chi connectivity index (χ0n) is 10.6. The average Bonchev–Trinajstić information content (AvgIpc) is 2.36. The van der Waals surface area contributed by atoms with Crippen molar-refractivity contribution in [2.45, 2.75) is 13.8 Å². The Kier molecular flexibility index (Phi) is 4.88. The quantitative estimate of drug-likeness (QED) is 0.484. The van der Waals surface area contributed by atoms with Gasteiger partial charge in [-0.3, -0.25) is 0 Å².